The highest BCUT2D eigenvalue weighted by molar-refractivity contribution is 7.98. The van der Waals surface area contributed by atoms with Gasteiger partial charge in [0.1, 0.15) is 18.1 Å². The van der Waals surface area contributed by atoms with Gasteiger partial charge >= 0.3 is 5.97 Å². The first-order valence-electron chi connectivity index (χ1n) is 10.9. The van der Waals surface area contributed by atoms with Gasteiger partial charge < -0.3 is 32.5 Å². The first kappa shape index (κ1) is 30.3. The Kier molecular flexibility index (Phi) is 13.8. The van der Waals surface area contributed by atoms with Crippen molar-refractivity contribution in [3.8, 4) is 0 Å². The molecule has 1 aromatic rings. The van der Waals surface area contributed by atoms with Crippen molar-refractivity contribution < 1.29 is 29.1 Å². The normalized spacial score (nSPS) is 14.1. The van der Waals surface area contributed by atoms with Crippen molar-refractivity contribution in [3.63, 3.8) is 0 Å². The van der Waals surface area contributed by atoms with E-state index in [-0.39, 0.29) is 31.4 Å². The maximum Gasteiger partial charge on any atom is 0.326 e. The summed E-state index contributed by atoms with van der Waals surface area (Å²) in [5.74, 6) is -3.37. The molecule has 4 atom stereocenters. The Morgan fingerprint density at radius 1 is 0.943 bits per heavy atom. The number of carboxylic acid groups (broad SMARTS) is 1. The first-order valence-corrected chi connectivity index (χ1v) is 12.9. The lowest BCUT2D eigenvalue weighted by Crippen LogP contribution is -2.58. The van der Waals surface area contributed by atoms with Crippen LogP contribution in [-0.2, 0) is 30.4 Å². The minimum atomic E-state index is -1.21. The number of primary amides is 1. The third-order valence-electron chi connectivity index (χ3n) is 4.99. The van der Waals surface area contributed by atoms with Crippen LogP contribution in [0.3, 0.4) is 0 Å². The molecule has 0 aliphatic heterocycles. The summed E-state index contributed by atoms with van der Waals surface area (Å²) in [5, 5.41) is 17.1. The number of aliphatic carboxylic acids is 1. The van der Waals surface area contributed by atoms with Crippen LogP contribution in [0.25, 0.3) is 0 Å². The lowest BCUT2D eigenvalue weighted by Gasteiger charge is -2.24. The van der Waals surface area contributed by atoms with Gasteiger partial charge in [-0.15, -0.1) is 0 Å². The molecular formula is C22H33N5O6S2. The van der Waals surface area contributed by atoms with E-state index in [0.29, 0.717) is 5.75 Å². The SMILES string of the molecule is CSCCC(NC(=O)C(CS)NC(=O)C(N)CCC(N)=O)C(=O)NC(Cc1ccccc1)C(=O)O. The van der Waals surface area contributed by atoms with Crippen LogP contribution in [0.15, 0.2) is 30.3 Å². The lowest BCUT2D eigenvalue weighted by molar-refractivity contribution is -0.142. The largest absolute Gasteiger partial charge is 0.480 e. The van der Waals surface area contributed by atoms with Gasteiger partial charge in [-0.05, 0) is 30.4 Å². The number of hydrogen-bond acceptors (Lipinski definition) is 8. The molecule has 8 N–H and O–H groups in total. The highest BCUT2D eigenvalue weighted by atomic mass is 32.2. The molecule has 11 nitrogen and oxygen atoms in total. The minimum absolute atomic E-state index is 0.0127. The molecule has 35 heavy (non-hydrogen) atoms. The van der Waals surface area contributed by atoms with E-state index in [1.165, 1.54) is 11.8 Å². The lowest BCUT2D eigenvalue weighted by atomic mass is 10.1. The molecule has 0 aliphatic carbocycles. The average Bonchev–Trinajstić information content (AvgIpc) is 2.83. The number of nitrogens with two attached hydrogens (primary N) is 2. The maximum atomic E-state index is 12.9. The summed E-state index contributed by atoms with van der Waals surface area (Å²) in [4.78, 5) is 60.6. The van der Waals surface area contributed by atoms with E-state index >= 15 is 0 Å². The third kappa shape index (κ3) is 11.5. The number of thiol groups is 1. The summed E-state index contributed by atoms with van der Waals surface area (Å²) in [6.45, 7) is 0. The molecule has 0 aliphatic rings. The predicted molar refractivity (Wildman–Crippen MR) is 137 cm³/mol. The van der Waals surface area contributed by atoms with Crippen LogP contribution in [0.2, 0.25) is 0 Å². The molecule has 0 heterocycles. The number of benzene rings is 1. The van der Waals surface area contributed by atoms with E-state index < -0.39 is 53.8 Å². The van der Waals surface area contributed by atoms with E-state index in [4.69, 9.17) is 11.5 Å². The van der Waals surface area contributed by atoms with Crippen molar-refractivity contribution >= 4 is 54.0 Å². The molecule has 13 heteroatoms. The van der Waals surface area contributed by atoms with Gasteiger partial charge in [0.2, 0.25) is 23.6 Å². The van der Waals surface area contributed by atoms with Crippen LogP contribution in [0, 0.1) is 0 Å². The predicted octanol–water partition coefficient (Wildman–Crippen LogP) is -0.956. The zero-order valence-electron chi connectivity index (χ0n) is 19.4. The second-order valence-corrected chi connectivity index (χ2v) is 9.14. The summed E-state index contributed by atoms with van der Waals surface area (Å²) in [5.41, 5.74) is 11.5. The van der Waals surface area contributed by atoms with Gasteiger partial charge in [-0.1, -0.05) is 30.3 Å². The van der Waals surface area contributed by atoms with Gasteiger partial charge in [0.25, 0.3) is 0 Å². The van der Waals surface area contributed by atoms with Crippen LogP contribution in [0.1, 0.15) is 24.8 Å². The zero-order chi connectivity index (χ0) is 26.4. The van der Waals surface area contributed by atoms with Gasteiger partial charge in [0, 0.05) is 18.6 Å². The number of nitrogens with one attached hydrogen (secondary N) is 3. The van der Waals surface area contributed by atoms with Crippen LogP contribution < -0.4 is 27.4 Å². The maximum absolute atomic E-state index is 12.9. The number of amides is 4. The Bertz CT molecular complexity index is 873. The Balaban J connectivity index is 2.85. The molecule has 0 saturated heterocycles. The minimum Gasteiger partial charge on any atom is -0.480 e. The highest BCUT2D eigenvalue weighted by Gasteiger charge is 2.29. The van der Waals surface area contributed by atoms with Gasteiger partial charge in [0.05, 0.1) is 6.04 Å². The summed E-state index contributed by atoms with van der Waals surface area (Å²) >= 11 is 5.54. The Morgan fingerprint density at radius 3 is 2.06 bits per heavy atom. The van der Waals surface area contributed by atoms with Crippen LogP contribution in [-0.4, -0.2) is 76.6 Å². The zero-order valence-corrected chi connectivity index (χ0v) is 21.1. The van der Waals surface area contributed by atoms with E-state index in [0.717, 1.165) is 5.56 Å². The molecule has 4 amide bonds. The number of thioether (sulfide) groups is 1. The van der Waals surface area contributed by atoms with Crippen LogP contribution >= 0.6 is 24.4 Å². The Labute approximate surface area is 213 Å². The molecule has 194 valence electrons. The first-order chi connectivity index (χ1) is 16.6. The fourth-order valence-electron chi connectivity index (χ4n) is 3.00. The molecule has 0 fully saturated rings. The number of carboxylic acids is 1. The fourth-order valence-corrected chi connectivity index (χ4v) is 3.73. The second kappa shape index (κ2) is 16.0. The molecule has 4 unspecified atom stereocenters. The molecule has 0 bridgehead atoms. The van der Waals surface area contributed by atoms with Gasteiger partial charge in [-0.25, -0.2) is 4.79 Å². The second-order valence-electron chi connectivity index (χ2n) is 7.79. The summed E-state index contributed by atoms with van der Waals surface area (Å²) in [6, 6.07) is 4.46. The molecule has 1 rings (SSSR count). The average molecular weight is 528 g/mol. The topological polar surface area (TPSA) is 194 Å². The molecular weight excluding hydrogens is 494 g/mol. The van der Waals surface area contributed by atoms with Crippen LogP contribution in [0.5, 0.6) is 0 Å². The van der Waals surface area contributed by atoms with Crippen LogP contribution in [0.4, 0.5) is 0 Å². The number of carbonyl (C=O) groups excluding carboxylic acids is 4. The summed E-state index contributed by atoms with van der Waals surface area (Å²) < 4.78 is 0. The van der Waals surface area contributed by atoms with Gasteiger partial charge in [0.15, 0.2) is 0 Å². The summed E-state index contributed by atoms with van der Waals surface area (Å²) in [6.07, 6.45) is 2.07. The molecule has 0 spiro atoms. The molecule has 0 saturated carbocycles. The standard InChI is InChI=1S/C22H33N5O6S2/c1-35-10-9-15(20(30)26-16(22(32)33)11-13-5-3-2-4-6-13)25-21(31)17(12-34)27-19(29)14(23)7-8-18(24)28/h2-6,14-17,34H,7-12,23H2,1H3,(H2,24,28)(H,25,31)(H,26,30)(H,27,29)(H,32,33). The van der Waals surface area contributed by atoms with E-state index in [1.54, 1.807) is 30.3 Å². The molecule has 0 radical (unpaired) electrons. The Morgan fingerprint density at radius 2 is 1.51 bits per heavy atom. The smallest absolute Gasteiger partial charge is 0.326 e. The Hall–Kier alpha value is -2.77. The van der Waals surface area contributed by atoms with Crippen molar-refractivity contribution in [1.82, 2.24) is 16.0 Å². The quantitative estimate of drug-likeness (QED) is 0.134. The van der Waals surface area contributed by atoms with Crippen molar-refractivity contribution in [2.24, 2.45) is 11.5 Å². The van der Waals surface area contributed by atoms with E-state index in [2.05, 4.69) is 28.6 Å². The van der Waals surface area contributed by atoms with Crippen molar-refractivity contribution in [1.29, 1.82) is 0 Å². The monoisotopic (exact) mass is 527 g/mol. The van der Waals surface area contributed by atoms with E-state index in [1.807, 2.05) is 6.26 Å². The third-order valence-corrected chi connectivity index (χ3v) is 6.00. The van der Waals surface area contributed by atoms with Gasteiger partial charge in [-0.2, -0.15) is 24.4 Å². The number of carbonyl (C=O) groups is 5. The van der Waals surface area contributed by atoms with Crippen molar-refractivity contribution in [2.75, 3.05) is 17.8 Å². The molecule has 0 aromatic heterocycles. The number of rotatable bonds is 16. The fraction of sp³-hybridized carbons (Fsp3) is 0.500. The van der Waals surface area contributed by atoms with Crippen molar-refractivity contribution in [2.45, 2.75) is 49.9 Å². The van der Waals surface area contributed by atoms with E-state index in [9.17, 15) is 29.1 Å². The number of hydrogen-bond donors (Lipinski definition) is 7. The van der Waals surface area contributed by atoms with Crippen molar-refractivity contribution in [3.05, 3.63) is 35.9 Å². The summed E-state index contributed by atoms with van der Waals surface area (Å²) in [7, 11) is 0. The van der Waals surface area contributed by atoms with Gasteiger partial charge in [-0.3, -0.25) is 19.2 Å². The molecule has 1 aromatic carbocycles. The highest BCUT2D eigenvalue weighted by Crippen LogP contribution is 2.07.